The largest absolute Gasteiger partial charge is 0.481 e. The lowest BCUT2D eigenvalue weighted by atomic mass is 9.82. The van der Waals surface area contributed by atoms with Crippen LogP contribution in [0.3, 0.4) is 0 Å². The van der Waals surface area contributed by atoms with Gasteiger partial charge in [0.25, 0.3) is 0 Å². The summed E-state index contributed by atoms with van der Waals surface area (Å²) in [6.07, 6.45) is 4.71. The number of hydrogen-bond donors (Lipinski definition) is 2. The highest BCUT2D eigenvalue weighted by molar-refractivity contribution is 7.99. The van der Waals surface area contributed by atoms with Crippen LogP contribution in [0.4, 0.5) is 5.69 Å². The summed E-state index contributed by atoms with van der Waals surface area (Å²) in [5.74, 6) is -2.21. The van der Waals surface area contributed by atoms with E-state index in [4.69, 9.17) is 0 Å². The summed E-state index contributed by atoms with van der Waals surface area (Å²) in [6, 6.07) is 17.6. The molecule has 4 unspecified atom stereocenters. The number of carboxylic acid groups (broad SMARTS) is 1. The van der Waals surface area contributed by atoms with Crippen molar-refractivity contribution in [3.05, 3.63) is 66.7 Å². The van der Waals surface area contributed by atoms with Crippen molar-refractivity contribution in [1.82, 2.24) is 0 Å². The number of hydrogen-bond acceptors (Lipinski definition) is 3. The lowest BCUT2D eigenvalue weighted by molar-refractivity contribution is -0.146. The first-order chi connectivity index (χ1) is 12.6. The van der Waals surface area contributed by atoms with Crippen molar-refractivity contribution in [3.63, 3.8) is 0 Å². The Kier molecular flexibility index (Phi) is 4.55. The van der Waals surface area contributed by atoms with Gasteiger partial charge in [-0.3, -0.25) is 9.59 Å². The lowest BCUT2D eigenvalue weighted by Gasteiger charge is -2.24. The van der Waals surface area contributed by atoms with Crippen molar-refractivity contribution in [2.75, 3.05) is 5.32 Å². The highest BCUT2D eigenvalue weighted by Crippen LogP contribution is 2.48. The number of fused-ring (bicyclic) bond motifs is 2. The number of allylic oxidation sites excluding steroid dienone is 2. The van der Waals surface area contributed by atoms with Gasteiger partial charge >= 0.3 is 5.97 Å². The van der Waals surface area contributed by atoms with Gasteiger partial charge in [-0.1, -0.05) is 54.2 Å². The lowest BCUT2D eigenvalue weighted by Crippen LogP contribution is -2.36. The highest BCUT2D eigenvalue weighted by atomic mass is 32.2. The van der Waals surface area contributed by atoms with Gasteiger partial charge in [0.15, 0.2) is 0 Å². The molecule has 2 aromatic rings. The summed E-state index contributed by atoms with van der Waals surface area (Å²) >= 11 is 1.58. The van der Waals surface area contributed by atoms with Crippen LogP contribution in [0.15, 0.2) is 76.5 Å². The zero-order valence-electron chi connectivity index (χ0n) is 14.0. The fourth-order valence-corrected chi connectivity index (χ4v) is 4.93. The second kappa shape index (κ2) is 7.00. The average Bonchev–Trinajstić information content (AvgIpc) is 3.25. The number of carbonyl (C=O) groups is 2. The number of benzene rings is 2. The summed E-state index contributed by atoms with van der Waals surface area (Å²) in [5.41, 5.74) is 0.724. The second-order valence-corrected chi connectivity index (χ2v) is 7.85. The molecule has 5 heteroatoms. The average molecular weight is 365 g/mol. The Labute approximate surface area is 156 Å². The first-order valence-electron chi connectivity index (χ1n) is 8.67. The van der Waals surface area contributed by atoms with Crippen LogP contribution in [0.5, 0.6) is 0 Å². The molecule has 0 spiro atoms. The molecule has 1 amide bonds. The summed E-state index contributed by atoms with van der Waals surface area (Å²) in [5, 5.41) is 12.5. The second-order valence-electron chi connectivity index (χ2n) is 6.74. The standard InChI is InChI=1S/C21H19NO3S/c23-20(18-13-10-11-14(12-13)19(18)21(24)25)22-16-8-4-5-9-17(16)26-15-6-2-1-3-7-15/h1-11,13-14,18-19H,12H2,(H,22,23)(H,24,25). The van der Waals surface area contributed by atoms with E-state index < -0.39 is 17.8 Å². The Balaban J connectivity index is 1.55. The fourth-order valence-electron chi connectivity index (χ4n) is 4.01. The topological polar surface area (TPSA) is 66.4 Å². The van der Waals surface area contributed by atoms with Gasteiger partial charge in [-0.25, -0.2) is 0 Å². The van der Waals surface area contributed by atoms with E-state index in [0.29, 0.717) is 0 Å². The number of carboxylic acids is 1. The first-order valence-corrected chi connectivity index (χ1v) is 9.49. The molecule has 2 aliphatic carbocycles. The molecule has 0 radical (unpaired) electrons. The Hall–Kier alpha value is -2.53. The molecule has 4 rings (SSSR count). The molecule has 0 heterocycles. The van der Waals surface area contributed by atoms with Crippen molar-refractivity contribution >= 4 is 29.3 Å². The number of anilines is 1. The van der Waals surface area contributed by atoms with Gasteiger partial charge in [0.1, 0.15) is 0 Å². The summed E-state index contributed by atoms with van der Waals surface area (Å²) in [7, 11) is 0. The van der Waals surface area contributed by atoms with Gasteiger partial charge in [-0.15, -0.1) is 0 Å². The van der Waals surface area contributed by atoms with Gasteiger partial charge in [0.05, 0.1) is 17.5 Å². The van der Waals surface area contributed by atoms with Gasteiger partial charge < -0.3 is 10.4 Å². The summed E-state index contributed by atoms with van der Waals surface area (Å²) < 4.78 is 0. The van der Waals surface area contributed by atoms with E-state index in [1.165, 1.54) is 0 Å². The molecule has 2 bridgehead atoms. The molecule has 0 aromatic heterocycles. The quantitative estimate of drug-likeness (QED) is 0.776. The molecule has 26 heavy (non-hydrogen) atoms. The minimum Gasteiger partial charge on any atom is -0.481 e. The Morgan fingerprint density at radius 3 is 2.31 bits per heavy atom. The SMILES string of the molecule is O=C(O)C1C2C=CC(C2)C1C(=O)Nc1ccccc1Sc1ccccc1. The van der Waals surface area contributed by atoms with E-state index in [1.54, 1.807) is 11.8 Å². The smallest absolute Gasteiger partial charge is 0.307 e. The molecule has 1 saturated carbocycles. The third-order valence-electron chi connectivity index (χ3n) is 5.16. The third kappa shape index (κ3) is 3.15. The highest BCUT2D eigenvalue weighted by Gasteiger charge is 2.51. The molecule has 4 atom stereocenters. The number of amides is 1. The molecular weight excluding hydrogens is 346 g/mol. The fraction of sp³-hybridized carbons (Fsp3) is 0.238. The van der Waals surface area contributed by atoms with E-state index in [2.05, 4.69) is 5.32 Å². The van der Waals surface area contributed by atoms with Crippen molar-refractivity contribution in [1.29, 1.82) is 0 Å². The van der Waals surface area contributed by atoms with Crippen LogP contribution in [0.25, 0.3) is 0 Å². The third-order valence-corrected chi connectivity index (χ3v) is 6.25. The van der Waals surface area contributed by atoms with Crippen molar-refractivity contribution in [2.24, 2.45) is 23.7 Å². The predicted octanol–water partition coefficient (Wildman–Crippen LogP) is 4.30. The maximum atomic E-state index is 12.9. The number of para-hydroxylation sites is 1. The predicted molar refractivity (Wildman–Crippen MR) is 101 cm³/mol. The van der Waals surface area contributed by atoms with Gasteiger partial charge in [0, 0.05) is 9.79 Å². The van der Waals surface area contributed by atoms with Crippen LogP contribution in [-0.2, 0) is 9.59 Å². The van der Waals surface area contributed by atoms with Gasteiger partial charge in [0.2, 0.25) is 5.91 Å². The van der Waals surface area contributed by atoms with Crippen LogP contribution < -0.4 is 5.32 Å². The molecule has 2 N–H and O–H groups in total. The first kappa shape index (κ1) is 16.9. The van der Waals surface area contributed by atoms with Crippen LogP contribution >= 0.6 is 11.8 Å². The number of aliphatic carboxylic acids is 1. The summed E-state index contributed by atoms with van der Waals surface area (Å²) in [4.78, 5) is 26.6. The van der Waals surface area contributed by atoms with Crippen molar-refractivity contribution < 1.29 is 14.7 Å². The van der Waals surface area contributed by atoms with E-state index in [1.807, 2.05) is 66.7 Å². The van der Waals surface area contributed by atoms with E-state index in [9.17, 15) is 14.7 Å². The normalized spacial score (nSPS) is 26.0. The molecule has 132 valence electrons. The Bertz CT molecular complexity index is 865. The number of nitrogens with one attached hydrogen (secondary N) is 1. The van der Waals surface area contributed by atoms with Crippen LogP contribution in [0, 0.1) is 23.7 Å². The monoisotopic (exact) mass is 365 g/mol. The maximum Gasteiger partial charge on any atom is 0.307 e. The minimum atomic E-state index is -0.881. The summed E-state index contributed by atoms with van der Waals surface area (Å²) in [6.45, 7) is 0. The molecular formula is C21H19NO3S. The maximum absolute atomic E-state index is 12.9. The van der Waals surface area contributed by atoms with E-state index >= 15 is 0 Å². The zero-order chi connectivity index (χ0) is 18.1. The van der Waals surface area contributed by atoms with Crippen molar-refractivity contribution in [2.45, 2.75) is 16.2 Å². The van der Waals surface area contributed by atoms with Crippen LogP contribution in [0.2, 0.25) is 0 Å². The molecule has 2 aromatic carbocycles. The molecule has 0 aliphatic heterocycles. The number of carbonyl (C=O) groups excluding carboxylic acids is 1. The minimum absolute atomic E-state index is 0.0232. The Morgan fingerprint density at radius 2 is 1.58 bits per heavy atom. The molecule has 2 aliphatic rings. The van der Waals surface area contributed by atoms with Gasteiger partial charge in [-0.05, 0) is 42.5 Å². The van der Waals surface area contributed by atoms with Crippen molar-refractivity contribution in [3.8, 4) is 0 Å². The van der Waals surface area contributed by atoms with E-state index in [0.717, 1.165) is 21.9 Å². The molecule has 0 saturated heterocycles. The van der Waals surface area contributed by atoms with Crippen LogP contribution in [-0.4, -0.2) is 17.0 Å². The molecule has 4 nitrogen and oxygen atoms in total. The molecule has 1 fully saturated rings. The zero-order valence-corrected chi connectivity index (χ0v) is 14.9. The Morgan fingerprint density at radius 1 is 0.923 bits per heavy atom. The van der Waals surface area contributed by atoms with Crippen LogP contribution in [0.1, 0.15) is 6.42 Å². The van der Waals surface area contributed by atoms with Gasteiger partial charge in [-0.2, -0.15) is 0 Å². The number of rotatable bonds is 5. The van der Waals surface area contributed by atoms with E-state index in [-0.39, 0.29) is 17.7 Å².